The Morgan fingerprint density at radius 3 is 2.60 bits per heavy atom. The number of hydrogen-bond acceptors (Lipinski definition) is 5. The fourth-order valence-electron chi connectivity index (χ4n) is 2.14. The predicted octanol–water partition coefficient (Wildman–Crippen LogP) is 3.07. The second-order valence-electron chi connectivity index (χ2n) is 5.33. The number of benzene rings is 2. The smallest absolute Gasteiger partial charge is 0.276 e. The molecule has 0 spiro atoms. The van der Waals surface area contributed by atoms with Gasteiger partial charge in [-0.3, -0.25) is 4.79 Å². The zero-order valence-electron chi connectivity index (χ0n) is 13.1. The molecule has 1 aromatic heterocycles. The monoisotopic (exact) mass is 376 g/mol. The van der Waals surface area contributed by atoms with Gasteiger partial charge in [0.2, 0.25) is 5.43 Å². The summed E-state index contributed by atoms with van der Waals surface area (Å²) in [5.74, 6) is 0. The Morgan fingerprint density at radius 1 is 1.16 bits per heavy atom. The van der Waals surface area contributed by atoms with Crippen molar-refractivity contribution in [2.45, 2.75) is 11.8 Å². The molecule has 0 aliphatic rings. The minimum absolute atomic E-state index is 0.0765. The molecule has 3 rings (SSSR count). The second-order valence-corrected chi connectivity index (χ2v) is 7.42. The molecule has 0 unspecified atom stereocenters. The highest BCUT2D eigenvalue weighted by Crippen LogP contribution is 2.16. The van der Waals surface area contributed by atoms with Crippen LogP contribution in [0.25, 0.3) is 11.0 Å². The summed E-state index contributed by atoms with van der Waals surface area (Å²) in [6, 6.07) is 11.0. The normalized spacial score (nSPS) is 11.9. The van der Waals surface area contributed by atoms with Crippen molar-refractivity contribution in [3.8, 4) is 0 Å². The van der Waals surface area contributed by atoms with Gasteiger partial charge in [-0.25, -0.2) is 4.83 Å². The lowest BCUT2D eigenvalue weighted by Crippen LogP contribution is -2.19. The van der Waals surface area contributed by atoms with E-state index >= 15 is 0 Å². The van der Waals surface area contributed by atoms with Crippen LogP contribution < -0.4 is 10.3 Å². The number of fused-ring (bicyclic) bond motifs is 1. The molecular weight excluding hydrogens is 364 g/mol. The molecule has 6 nitrogen and oxygen atoms in total. The summed E-state index contributed by atoms with van der Waals surface area (Å²) in [6.07, 6.45) is 2.31. The summed E-state index contributed by atoms with van der Waals surface area (Å²) in [5.41, 5.74) is 1.06. The van der Waals surface area contributed by atoms with Crippen LogP contribution in [0.4, 0.5) is 0 Å². The number of aryl methyl sites for hydroxylation is 1. The van der Waals surface area contributed by atoms with Crippen LogP contribution in [0.2, 0.25) is 5.02 Å². The van der Waals surface area contributed by atoms with Gasteiger partial charge < -0.3 is 4.42 Å². The van der Waals surface area contributed by atoms with Crippen LogP contribution in [0.3, 0.4) is 0 Å². The van der Waals surface area contributed by atoms with Gasteiger partial charge in [-0.05, 0) is 37.3 Å². The number of nitrogens with zero attached hydrogens (tertiary/aromatic N) is 1. The van der Waals surface area contributed by atoms with Gasteiger partial charge in [0, 0.05) is 5.02 Å². The molecular formula is C17H13ClN2O4S. The van der Waals surface area contributed by atoms with E-state index < -0.39 is 10.0 Å². The van der Waals surface area contributed by atoms with Gasteiger partial charge in [0.05, 0.1) is 22.1 Å². The molecule has 1 N–H and O–H groups in total. The molecule has 25 heavy (non-hydrogen) atoms. The van der Waals surface area contributed by atoms with Crippen molar-refractivity contribution in [2.24, 2.45) is 5.10 Å². The van der Waals surface area contributed by atoms with Gasteiger partial charge in [0.15, 0.2) is 0 Å². The molecule has 3 aromatic rings. The molecule has 0 saturated carbocycles. The van der Waals surface area contributed by atoms with Gasteiger partial charge in [-0.15, -0.1) is 0 Å². The van der Waals surface area contributed by atoms with Gasteiger partial charge in [0.1, 0.15) is 11.8 Å². The van der Waals surface area contributed by atoms with Crippen LogP contribution >= 0.6 is 11.6 Å². The van der Waals surface area contributed by atoms with E-state index in [2.05, 4.69) is 9.93 Å². The Labute approximate surface area is 148 Å². The van der Waals surface area contributed by atoms with E-state index in [1.807, 2.05) is 6.92 Å². The summed E-state index contributed by atoms with van der Waals surface area (Å²) in [6.45, 7) is 1.85. The fourth-order valence-corrected chi connectivity index (χ4v) is 3.11. The second kappa shape index (κ2) is 6.70. The van der Waals surface area contributed by atoms with E-state index in [1.165, 1.54) is 24.5 Å². The first-order chi connectivity index (χ1) is 11.9. The maximum Gasteiger partial charge on any atom is 0.276 e. The van der Waals surface area contributed by atoms with E-state index in [9.17, 15) is 13.2 Å². The van der Waals surface area contributed by atoms with Crippen LogP contribution in [0.5, 0.6) is 0 Å². The molecule has 8 heteroatoms. The highest BCUT2D eigenvalue weighted by molar-refractivity contribution is 7.89. The van der Waals surface area contributed by atoms with E-state index in [0.717, 1.165) is 11.8 Å². The Morgan fingerprint density at radius 2 is 1.88 bits per heavy atom. The molecule has 0 radical (unpaired) electrons. The number of halogens is 1. The SMILES string of the molecule is Cc1ccc(S(=O)(=O)N/N=C/c2coc3ccc(Cl)cc3c2=O)cc1. The number of hydrazone groups is 1. The third kappa shape index (κ3) is 3.72. The van der Waals surface area contributed by atoms with Crippen molar-refractivity contribution in [2.75, 3.05) is 0 Å². The molecule has 0 bridgehead atoms. The molecule has 0 aliphatic heterocycles. The van der Waals surface area contributed by atoms with Gasteiger partial charge in [-0.2, -0.15) is 13.5 Å². The number of sulfonamides is 1. The summed E-state index contributed by atoms with van der Waals surface area (Å²) in [5, 5.41) is 4.33. The topological polar surface area (TPSA) is 88.7 Å². The standard InChI is InChI=1S/C17H13ClN2O4S/c1-11-2-5-14(6-3-11)25(22,23)20-19-9-12-10-24-16-7-4-13(18)8-15(16)17(12)21/h2-10,20H,1H3/b19-9+. The molecule has 128 valence electrons. The van der Waals surface area contributed by atoms with E-state index in [-0.39, 0.29) is 21.3 Å². The number of rotatable bonds is 4. The summed E-state index contributed by atoms with van der Waals surface area (Å²) >= 11 is 5.88. The van der Waals surface area contributed by atoms with Crippen LogP contribution in [0, 0.1) is 6.92 Å². The van der Waals surface area contributed by atoms with Crippen LogP contribution in [-0.4, -0.2) is 14.6 Å². The van der Waals surface area contributed by atoms with Gasteiger partial charge in [-0.1, -0.05) is 29.3 Å². The molecule has 0 amide bonds. The average molecular weight is 377 g/mol. The fraction of sp³-hybridized carbons (Fsp3) is 0.0588. The van der Waals surface area contributed by atoms with Crippen molar-refractivity contribution in [3.05, 3.63) is 75.1 Å². The van der Waals surface area contributed by atoms with Crippen molar-refractivity contribution in [1.29, 1.82) is 0 Å². The lowest BCUT2D eigenvalue weighted by atomic mass is 10.2. The molecule has 0 aliphatic carbocycles. The zero-order valence-corrected chi connectivity index (χ0v) is 14.6. The largest absolute Gasteiger partial charge is 0.463 e. The average Bonchev–Trinajstić information content (AvgIpc) is 2.58. The van der Waals surface area contributed by atoms with Crippen molar-refractivity contribution in [1.82, 2.24) is 4.83 Å². The van der Waals surface area contributed by atoms with Crippen molar-refractivity contribution < 1.29 is 12.8 Å². The highest BCUT2D eigenvalue weighted by Gasteiger charge is 2.12. The van der Waals surface area contributed by atoms with Crippen molar-refractivity contribution >= 4 is 38.8 Å². The zero-order chi connectivity index (χ0) is 18.0. The maximum atomic E-state index is 12.4. The summed E-state index contributed by atoms with van der Waals surface area (Å²) in [7, 11) is -3.81. The molecule has 0 saturated heterocycles. The van der Waals surface area contributed by atoms with Crippen LogP contribution in [-0.2, 0) is 10.0 Å². The van der Waals surface area contributed by atoms with E-state index in [1.54, 1.807) is 24.3 Å². The van der Waals surface area contributed by atoms with E-state index in [4.69, 9.17) is 16.0 Å². The Hall–Kier alpha value is -2.64. The Balaban J connectivity index is 1.87. The molecule has 0 atom stereocenters. The van der Waals surface area contributed by atoms with Crippen LogP contribution in [0.1, 0.15) is 11.1 Å². The predicted molar refractivity (Wildman–Crippen MR) is 96.6 cm³/mol. The molecule has 2 aromatic carbocycles. The highest BCUT2D eigenvalue weighted by atomic mass is 35.5. The quantitative estimate of drug-likeness (QED) is 0.559. The first kappa shape index (κ1) is 17.2. The third-order valence-electron chi connectivity index (χ3n) is 3.47. The molecule has 1 heterocycles. The number of hydrogen-bond donors (Lipinski definition) is 1. The Bertz CT molecular complexity index is 1120. The minimum Gasteiger partial charge on any atom is -0.463 e. The minimum atomic E-state index is -3.81. The lowest BCUT2D eigenvalue weighted by Gasteiger charge is -2.03. The number of nitrogens with one attached hydrogen (secondary N) is 1. The first-order valence-corrected chi connectivity index (χ1v) is 9.05. The Kier molecular flexibility index (Phi) is 4.61. The molecule has 0 fully saturated rings. The van der Waals surface area contributed by atoms with Crippen LogP contribution in [0.15, 0.2) is 67.9 Å². The maximum absolute atomic E-state index is 12.4. The lowest BCUT2D eigenvalue weighted by molar-refractivity contribution is 0.584. The van der Waals surface area contributed by atoms with Gasteiger partial charge >= 0.3 is 0 Å². The third-order valence-corrected chi connectivity index (χ3v) is 4.94. The van der Waals surface area contributed by atoms with Crippen molar-refractivity contribution in [3.63, 3.8) is 0 Å². The summed E-state index contributed by atoms with van der Waals surface area (Å²) in [4.78, 5) is 14.5. The van der Waals surface area contributed by atoms with Gasteiger partial charge in [0.25, 0.3) is 10.0 Å². The first-order valence-electron chi connectivity index (χ1n) is 7.19. The van der Waals surface area contributed by atoms with E-state index in [0.29, 0.717) is 10.6 Å². The summed E-state index contributed by atoms with van der Waals surface area (Å²) < 4.78 is 29.6.